The second kappa shape index (κ2) is 6.97. The lowest BCUT2D eigenvalue weighted by atomic mass is 9.75. The number of nitrogens with zero attached hydrogens (tertiary/aromatic N) is 1. The zero-order chi connectivity index (χ0) is 14.7. The Morgan fingerprint density at radius 3 is 2.71 bits per heavy atom. The molecule has 2 saturated carbocycles. The van der Waals surface area contributed by atoms with Crippen molar-refractivity contribution < 1.29 is 5.11 Å². The third-order valence-electron chi connectivity index (χ3n) is 6.47. The Balaban J connectivity index is 1.55. The fraction of sp³-hybridized carbons (Fsp3) is 1.00. The van der Waals surface area contributed by atoms with Crippen LogP contribution in [0.5, 0.6) is 0 Å². The molecule has 1 aliphatic heterocycles. The van der Waals surface area contributed by atoms with E-state index in [9.17, 15) is 5.11 Å². The summed E-state index contributed by atoms with van der Waals surface area (Å²) in [6.45, 7) is 6.20. The number of aliphatic hydroxyl groups excluding tert-OH is 1. The van der Waals surface area contributed by atoms with E-state index in [1.54, 1.807) is 0 Å². The molecule has 122 valence electrons. The van der Waals surface area contributed by atoms with Crippen LogP contribution in [-0.4, -0.2) is 47.8 Å². The smallest absolute Gasteiger partial charge is 0.0613 e. The zero-order valence-electron chi connectivity index (χ0n) is 13.8. The number of likely N-dealkylation sites (tertiary alicyclic amines) is 1. The van der Waals surface area contributed by atoms with Crippen LogP contribution in [0.1, 0.15) is 64.7 Å². The highest BCUT2D eigenvalue weighted by molar-refractivity contribution is 5.00. The van der Waals surface area contributed by atoms with E-state index in [-0.39, 0.29) is 5.54 Å². The van der Waals surface area contributed by atoms with Gasteiger partial charge >= 0.3 is 0 Å². The molecule has 0 aromatic heterocycles. The zero-order valence-corrected chi connectivity index (χ0v) is 13.8. The Hall–Kier alpha value is -0.120. The number of hydrogen-bond donors (Lipinski definition) is 2. The molecule has 3 aliphatic rings. The summed E-state index contributed by atoms with van der Waals surface area (Å²) >= 11 is 0. The number of rotatable bonds is 5. The van der Waals surface area contributed by atoms with Crippen molar-refractivity contribution >= 4 is 0 Å². The maximum absolute atomic E-state index is 9.87. The Bertz CT molecular complexity index is 335. The summed E-state index contributed by atoms with van der Waals surface area (Å²) in [7, 11) is 0. The molecule has 2 aliphatic carbocycles. The molecule has 0 aromatic carbocycles. The summed E-state index contributed by atoms with van der Waals surface area (Å²) in [6, 6.07) is 0.712. The first-order valence-electron chi connectivity index (χ1n) is 9.36. The standard InChI is InChI=1S/C18H34N2O/c1-2-10-19-18(14-21)9-7-17(12-18)20-11-8-15-5-3-4-6-16(15)13-20/h15-17,19,21H,2-14H2,1H3. The van der Waals surface area contributed by atoms with Gasteiger partial charge in [0.25, 0.3) is 0 Å². The minimum Gasteiger partial charge on any atom is -0.394 e. The van der Waals surface area contributed by atoms with Crippen molar-refractivity contribution in [3.8, 4) is 0 Å². The van der Waals surface area contributed by atoms with Crippen LogP contribution in [0.3, 0.4) is 0 Å². The number of aliphatic hydroxyl groups is 1. The Kier molecular flexibility index (Phi) is 5.23. The van der Waals surface area contributed by atoms with Gasteiger partial charge < -0.3 is 15.3 Å². The van der Waals surface area contributed by atoms with Crippen LogP contribution in [0, 0.1) is 11.8 Å². The lowest BCUT2D eigenvalue weighted by Gasteiger charge is -2.44. The van der Waals surface area contributed by atoms with Gasteiger partial charge in [0.2, 0.25) is 0 Å². The van der Waals surface area contributed by atoms with Gasteiger partial charge in [-0.3, -0.25) is 0 Å². The molecule has 0 bridgehead atoms. The van der Waals surface area contributed by atoms with E-state index in [0.717, 1.165) is 37.6 Å². The maximum Gasteiger partial charge on any atom is 0.0613 e. The van der Waals surface area contributed by atoms with Gasteiger partial charge in [0.05, 0.1) is 6.61 Å². The predicted molar refractivity (Wildman–Crippen MR) is 87.4 cm³/mol. The van der Waals surface area contributed by atoms with Gasteiger partial charge in [0.15, 0.2) is 0 Å². The SMILES string of the molecule is CCCNC1(CO)CCC(N2CCC3CCCCC3C2)C1. The summed E-state index contributed by atoms with van der Waals surface area (Å²) in [5.41, 5.74) is 0.0179. The number of hydrogen-bond acceptors (Lipinski definition) is 3. The third kappa shape index (κ3) is 3.46. The van der Waals surface area contributed by atoms with Crippen molar-refractivity contribution in [3.05, 3.63) is 0 Å². The van der Waals surface area contributed by atoms with Crippen molar-refractivity contribution in [3.63, 3.8) is 0 Å². The van der Waals surface area contributed by atoms with Gasteiger partial charge in [-0.25, -0.2) is 0 Å². The highest BCUT2D eigenvalue weighted by Gasteiger charge is 2.42. The Morgan fingerprint density at radius 2 is 1.95 bits per heavy atom. The van der Waals surface area contributed by atoms with Crippen LogP contribution in [-0.2, 0) is 0 Å². The van der Waals surface area contributed by atoms with E-state index >= 15 is 0 Å². The summed E-state index contributed by atoms with van der Waals surface area (Å²) < 4.78 is 0. The molecule has 3 nitrogen and oxygen atoms in total. The Morgan fingerprint density at radius 1 is 1.14 bits per heavy atom. The van der Waals surface area contributed by atoms with Crippen LogP contribution in [0.2, 0.25) is 0 Å². The molecule has 21 heavy (non-hydrogen) atoms. The first kappa shape index (κ1) is 15.8. The second-order valence-corrected chi connectivity index (χ2v) is 7.85. The fourth-order valence-corrected chi connectivity index (χ4v) is 5.12. The van der Waals surface area contributed by atoms with E-state index < -0.39 is 0 Å². The highest BCUT2D eigenvalue weighted by atomic mass is 16.3. The van der Waals surface area contributed by atoms with Gasteiger partial charge in [-0.05, 0) is 63.5 Å². The normalized spacial score (nSPS) is 41.1. The molecule has 0 radical (unpaired) electrons. The van der Waals surface area contributed by atoms with Crippen molar-refractivity contribution in [2.75, 3.05) is 26.2 Å². The van der Waals surface area contributed by atoms with Gasteiger partial charge in [-0.2, -0.15) is 0 Å². The summed E-state index contributed by atoms with van der Waals surface area (Å²) in [5, 5.41) is 13.5. The van der Waals surface area contributed by atoms with Gasteiger partial charge in [0, 0.05) is 18.1 Å². The topological polar surface area (TPSA) is 35.5 Å². The van der Waals surface area contributed by atoms with Crippen LogP contribution >= 0.6 is 0 Å². The lowest BCUT2D eigenvalue weighted by Crippen LogP contribution is -2.50. The highest BCUT2D eigenvalue weighted by Crippen LogP contribution is 2.40. The maximum atomic E-state index is 9.87. The molecule has 1 heterocycles. The van der Waals surface area contributed by atoms with Crippen LogP contribution < -0.4 is 5.32 Å². The van der Waals surface area contributed by atoms with Crippen molar-refractivity contribution in [1.29, 1.82) is 0 Å². The van der Waals surface area contributed by atoms with Crippen LogP contribution in [0.4, 0.5) is 0 Å². The summed E-state index contributed by atoms with van der Waals surface area (Å²) in [4.78, 5) is 2.78. The molecule has 4 unspecified atom stereocenters. The minimum absolute atomic E-state index is 0.0179. The van der Waals surface area contributed by atoms with Gasteiger partial charge in [-0.15, -0.1) is 0 Å². The first-order chi connectivity index (χ1) is 10.3. The second-order valence-electron chi connectivity index (χ2n) is 7.85. The van der Waals surface area contributed by atoms with Crippen molar-refractivity contribution in [2.45, 2.75) is 76.3 Å². The van der Waals surface area contributed by atoms with E-state index in [1.165, 1.54) is 51.6 Å². The molecular weight excluding hydrogens is 260 g/mol. The molecule has 3 rings (SSSR count). The van der Waals surface area contributed by atoms with E-state index in [0.29, 0.717) is 12.6 Å². The van der Waals surface area contributed by atoms with E-state index in [4.69, 9.17) is 0 Å². The van der Waals surface area contributed by atoms with Crippen molar-refractivity contribution in [1.82, 2.24) is 10.2 Å². The van der Waals surface area contributed by atoms with E-state index in [1.807, 2.05) is 0 Å². The largest absolute Gasteiger partial charge is 0.394 e. The summed E-state index contributed by atoms with van der Waals surface area (Å²) in [6.07, 6.45) is 12.0. The minimum atomic E-state index is 0.0179. The summed E-state index contributed by atoms with van der Waals surface area (Å²) in [5.74, 6) is 2.00. The van der Waals surface area contributed by atoms with Crippen LogP contribution in [0.15, 0.2) is 0 Å². The molecular formula is C18H34N2O. The number of nitrogens with one attached hydrogen (secondary N) is 1. The van der Waals surface area contributed by atoms with E-state index in [2.05, 4.69) is 17.1 Å². The first-order valence-corrected chi connectivity index (χ1v) is 9.36. The number of piperidine rings is 1. The molecule has 3 fully saturated rings. The molecule has 0 spiro atoms. The van der Waals surface area contributed by atoms with Crippen LogP contribution in [0.25, 0.3) is 0 Å². The average Bonchev–Trinajstić information content (AvgIpc) is 2.97. The molecule has 1 saturated heterocycles. The van der Waals surface area contributed by atoms with Gasteiger partial charge in [0.1, 0.15) is 0 Å². The third-order valence-corrected chi connectivity index (χ3v) is 6.47. The Labute approximate surface area is 130 Å². The quantitative estimate of drug-likeness (QED) is 0.818. The average molecular weight is 294 g/mol. The molecule has 0 aromatic rings. The predicted octanol–water partition coefficient (Wildman–Crippen LogP) is 2.78. The van der Waals surface area contributed by atoms with Crippen molar-refractivity contribution in [2.24, 2.45) is 11.8 Å². The molecule has 4 atom stereocenters. The molecule has 0 amide bonds. The lowest BCUT2D eigenvalue weighted by molar-refractivity contribution is 0.0530. The van der Waals surface area contributed by atoms with Gasteiger partial charge in [-0.1, -0.05) is 26.2 Å². The molecule has 2 N–H and O–H groups in total. The fourth-order valence-electron chi connectivity index (χ4n) is 5.12. The monoisotopic (exact) mass is 294 g/mol. The number of fused-ring (bicyclic) bond motifs is 1. The molecule has 3 heteroatoms.